The highest BCUT2D eigenvalue weighted by molar-refractivity contribution is 9.10. The molecular formula is C10H4BrCl2N3O. The van der Waals surface area contributed by atoms with Crippen LogP contribution in [0.3, 0.4) is 0 Å². The zero-order valence-corrected chi connectivity index (χ0v) is 11.3. The third kappa shape index (κ3) is 2.80. The van der Waals surface area contributed by atoms with Crippen LogP contribution in [-0.4, -0.2) is 20.7 Å². The zero-order chi connectivity index (χ0) is 12.4. The Morgan fingerprint density at radius 3 is 2.65 bits per heavy atom. The Labute approximate surface area is 115 Å². The second-order valence-corrected chi connectivity index (χ2v) is 4.53. The lowest BCUT2D eigenvalue weighted by Gasteiger charge is -2.02. The summed E-state index contributed by atoms with van der Waals surface area (Å²) < 4.78 is 0.564. The van der Waals surface area contributed by atoms with Crippen molar-refractivity contribution < 1.29 is 4.79 Å². The third-order valence-corrected chi connectivity index (χ3v) is 2.82. The van der Waals surface area contributed by atoms with E-state index in [1.807, 2.05) is 0 Å². The molecule has 0 spiro atoms. The van der Waals surface area contributed by atoms with Gasteiger partial charge < -0.3 is 0 Å². The molecule has 7 heteroatoms. The molecule has 17 heavy (non-hydrogen) atoms. The number of hydrogen-bond acceptors (Lipinski definition) is 4. The molecule has 0 radical (unpaired) electrons. The lowest BCUT2D eigenvalue weighted by molar-refractivity contribution is 0.103. The van der Waals surface area contributed by atoms with E-state index in [4.69, 9.17) is 23.2 Å². The number of nitrogens with zero attached hydrogens (tertiary/aromatic N) is 3. The molecule has 2 aromatic rings. The van der Waals surface area contributed by atoms with Crippen molar-refractivity contribution in [3.05, 3.63) is 50.7 Å². The monoisotopic (exact) mass is 331 g/mol. The largest absolute Gasteiger partial charge is 0.287 e. The molecule has 86 valence electrons. The van der Waals surface area contributed by atoms with Gasteiger partial charge in [-0.1, -0.05) is 17.7 Å². The standard InChI is InChI=1S/C10H4BrCl2N3O/c11-7-3-1-2-6(15-7)8(17)5-4-14-10(13)16-9(5)12/h1-4H. The quantitative estimate of drug-likeness (QED) is 0.367. The minimum Gasteiger partial charge on any atom is -0.287 e. The van der Waals surface area contributed by atoms with Crippen molar-refractivity contribution in [3.63, 3.8) is 0 Å². The molecule has 2 heterocycles. The Hall–Kier alpha value is -1.04. The van der Waals surface area contributed by atoms with Gasteiger partial charge in [-0.05, 0) is 39.7 Å². The summed E-state index contributed by atoms with van der Waals surface area (Å²) in [7, 11) is 0. The number of hydrogen-bond donors (Lipinski definition) is 0. The minimum absolute atomic E-state index is 0.00579. The van der Waals surface area contributed by atoms with Crippen LogP contribution in [0.15, 0.2) is 29.0 Å². The van der Waals surface area contributed by atoms with Crippen LogP contribution < -0.4 is 0 Å². The fourth-order valence-corrected chi connectivity index (χ4v) is 1.90. The molecular weight excluding hydrogens is 329 g/mol. The van der Waals surface area contributed by atoms with Gasteiger partial charge in [0.2, 0.25) is 11.1 Å². The van der Waals surface area contributed by atoms with E-state index in [1.165, 1.54) is 6.20 Å². The highest BCUT2D eigenvalue weighted by atomic mass is 79.9. The Morgan fingerprint density at radius 1 is 1.24 bits per heavy atom. The number of rotatable bonds is 2. The first kappa shape index (κ1) is 12.4. The summed E-state index contributed by atoms with van der Waals surface area (Å²) in [5, 5.41) is 0.00512. The van der Waals surface area contributed by atoms with Crippen LogP contribution in [-0.2, 0) is 0 Å². The first-order chi connectivity index (χ1) is 8.08. The van der Waals surface area contributed by atoms with Crippen LogP contribution in [0.2, 0.25) is 10.4 Å². The van der Waals surface area contributed by atoms with E-state index in [9.17, 15) is 4.79 Å². The van der Waals surface area contributed by atoms with E-state index in [-0.39, 0.29) is 27.5 Å². The second-order valence-electron chi connectivity index (χ2n) is 3.02. The number of carbonyl (C=O) groups excluding carboxylic acids is 1. The normalized spacial score (nSPS) is 10.3. The highest BCUT2D eigenvalue weighted by Gasteiger charge is 2.16. The predicted molar refractivity (Wildman–Crippen MR) is 67.4 cm³/mol. The van der Waals surface area contributed by atoms with Gasteiger partial charge in [0.05, 0.1) is 5.56 Å². The summed E-state index contributed by atoms with van der Waals surface area (Å²) in [5.74, 6) is -0.354. The molecule has 2 aromatic heterocycles. The smallest absolute Gasteiger partial charge is 0.223 e. The topological polar surface area (TPSA) is 55.7 Å². The highest BCUT2D eigenvalue weighted by Crippen LogP contribution is 2.18. The maximum atomic E-state index is 12.0. The van der Waals surface area contributed by atoms with Gasteiger partial charge in [0.1, 0.15) is 15.5 Å². The molecule has 0 atom stereocenters. The summed E-state index contributed by atoms with van der Waals surface area (Å²) in [6, 6.07) is 5.00. The van der Waals surface area contributed by atoms with Crippen molar-refractivity contribution in [2.24, 2.45) is 0 Å². The maximum absolute atomic E-state index is 12.0. The molecule has 0 aliphatic rings. The summed E-state index contributed by atoms with van der Waals surface area (Å²) in [6.45, 7) is 0. The van der Waals surface area contributed by atoms with Crippen LogP contribution in [0.25, 0.3) is 0 Å². The predicted octanol–water partition coefficient (Wildman–Crippen LogP) is 3.17. The molecule has 0 aromatic carbocycles. The molecule has 0 bridgehead atoms. The van der Waals surface area contributed by atoms with Gasteiger partial charge in [0, 0.05) is 6.20 Å². The van der Waals surface area contributed by atoms with E-state index in [1.54, 1.807) is 18.2 Å². The number of aromatic nitrogens is 3. The van der Waals surface area contributed by atoms with Crippen molar-refractivity contribution in [1.82, 2.24) is 15.0 Å². The Balaban J connectivity index is 2.44. The Bertz CT molecular complexity index is 592. The zero-order valence-electron chi connectivity index (χ0n) is 8.19. The lowest BCUT2D eigenvalue weighted by atomic mass is 10.1. The minimum atomic E-state index is -0.354. The van der Waals surface area contributed by atoms with Gasteiger partial charge >= 0.3 is 0 Å². The van der Waals surface area contributed by atoms with Crippen LogP contribution in [0.5, 0.6) is 0 Å². The molecule has 0 saturated heterocycles. The van der Waals surface area contributed by atoms with E-state index in [0.29, 0.717) is 4.60 Å². The van der Waals surface area contributed by atoms with Gasteiger partial charge in [-0.2, -0.15) is 0 Å². The van der Waals surface area contributed by atoms with Gasteiger partial charge in [-0.25, -0.2) is 15.0 Å². The third-order valence-electron chi connectivity index (χ3n) is 1.91. The van der Waals surface area contributed by atoms with Gasteiger partial charge in [0.15, 0.2) is 0 Å². The summed E-state index contributed by atoms with van der Waals surface area (Å²) in [4.78, 5) is 23.5. The number of ketones is 1. The molecule has 0 fully saturated rings. The lowest BCUT2D eigenvalue weighted by Crippen LogP contribution is -2.06. The molecule has 2 rings (SSSR count). The number of pyridine rings is 1. The van der Waals surface area contributed by atoms with Crippen molar-refractivity contribution in [2.45, 2.75) is 0 Å². The number of carbonyl (C=O) groups is 1. The van der Waals surface area contributed by atoms with Crippen LogP contribution >= 0.6 is 39.1 Å². The van der Waals surface area contributed by atoms with Crippen LogP contribution in [0, 0.1) is 0 Å². The van der Waals surface area contributed by atoms with Gasteiger partial charge in [0.25, 0.3) is 0 Å². The van der Waals surface area contributed by atoms with E-state index >= 15 is 0 Å². The van der Waals surface area contributed by atoms with Crippen LogP contribution in [0.1, 0.15) is 16.1 Å². The molecule has 0 aliphatic heterocycles. The average Bonchev–Trinajstić information content (AvgIpc) is 2.28. The summed E-state index contributed by atoms with van der Waals surface area (Å²) >= 11 is 14.6. The fraction of sp³-hybridized carbons (Fsp3) is 0. The number of halogens is 3. The van der Waals surface area contributed by atoms with E-state index in [0.717, 1.165) is 0 Å². The van der Waals surface area contributed by atoms with Crippen molar-refractivity contribution in [2.75, 3.05) is 0 Å². The SMILES string of the molecule is O=C(c1cccc(Br)n1)c1cnc(Cl)nc1Cl. The van der Waals surface area contributed by atoms with Gasteiger partial charge in [-0.3, -0.25) is 4.79 Å². The molecule has 4 nitrogen and oxygen atoms in total. The molecule has 0 N–H and O–H groups in total. The first-order valence-corrected chi connectivity index (χ1v) is 5.98. The molecule has 0 aliphatic carbocycles. The Morgan fingerprint density at radius 2 is 2.00 bits per heavy atom. The van der Waals surface area contributed by atoms with Gasteiger partial charge in [-0.15, -0.1) is 0 Å². The molecule has 0 unspecified atom stereocenters. The van der Waals surface area contributed by atoms with Crippen molar-refractivity contribution >= 4 is 44.9 Å². The Kier molecular flexibility index (Phi) is 3.71. The first-order valence-electron chi connectivity index (χ1n) is 4.43. The fourth-order valence-electron chi connectivity index (χ4n) is 1.17. The average molecular weight is 333 g/mol. The molecule has 0 amide bonds. The van der Waals surface area contributed by atoms with E-state index < -0.39 is 0 Å². The van der Waals surface area contributed by atoms with Crippen molar-refractivity contribution in [1.29, 1.82) is 0 Å². The maximum Gasteiger partial charge on any atom is 0.223 e. The van der Waals surface area contributed by atoms with E-state index in [2.05, 4.69) is 30.9 Å². The second kappa shape index (κ2) is 5.08. The summed E-state index contributed by atoms with van der Waals surface area (Å²) in [6.07, 6.45) is 1.28. The van der Waals surface area contributed by atoms with Crippen molar-refractivity contribution in [3.8, 4) is 0 Å². The van der Waals surface area contributed by atoms with Crippen LogP contribution in [0.4, 0.5) is 0 Å². The molecule has 0 saturated carbocycles. The summed E-state index contributed by atoms with van der Waals surface area (Å²) in [5.41, 5.74) is 0.425.